The van der Waals surface area contributed by atoms with Gasteiger partial charge in [-0.1, -0.05) is 12.8 Å². The second-order valence-electron chi connectivity index (χ2n) is 6.78. The summed E-state index contributed by atoms with van der Waals surface area (Å²) in [5.74, 6) is 0.602. The molecule has 0 aromatic carbocycles. The lowest BCUT2D eigenvalue weighted by Crippen LogP contribution is -2.48. The molecule has 0 atom stereocenters. The van der Waals surface area contributed by atoms with Crippen LogP contribution in [0.25, 0.3) is 0 Å². The van der Waals surface area contributed by atoms with Crippen LogP contribution in [0.3, 0.4) is 0 Å². The van der Waals surface area contributed by atoms with Gasteiger partial charge in [0, 0.05) is 25.7 Å². The Kier molecular flexibility index (Phi) is 11.6. The molecule has 0 heterocycles. The van der Waals surface area contributed by atoms with Crippen molar-refractivity contribution in [1.29, 1.82) is 0 Å². The van der Waals surface area contributed by atoms with E-state index in [-0.39, 0.29) is 42.0 Å². The van der Waals surface area contributed by atoms with Gasteiger partial charge in [0.15, 0.2) is 5.96 Å². The topological polar surface area (TPSA) is 74.8 Å². The van der Waals surface area contributed by atoms with Crippen molar-refractivity contribution < 1.29 is 9.53 Å². The number of ether oxygens (including phenoxy) is 1. The van der Waals surface area contributed by atoms with Crippen LogP contribution in [-0.2, 0) is 9.53 Å². The normalized spacial score (nSPS) is 15.9. The van der Waals surface area contributed by atoms with E-state index in [1.54, 1.807) is 7.05 Å². The molecule has 1 saturated carbocycles. The van der Waals surface area contributed by atoms with Gasteiger partial charge in [0.25, 0.3) is 0 Å². The van der Waals surface area contributed by atoms with Gasteiger partial charge in [-0.15, -0.1) is 24.0 Å². The number of halogens is 1. The van der Waals surface area contributed by atoms with E-state index in [0.29, 0.717) is 12.1 Å². The molecule has 1 aliphatic rings. The SMILES string of the molecule is CN=C(NCCCOC1CCCC1)NCC(=O)NC(C)(C)C.I. The number of nitrogens with one attached hydrogen (secondary N) is 3. The highest BCUT2D eigenvalue weighted by molar-refractivity contribution is 14.0. The first kappa shape index (κ1) is 22.4. The maximum absolute atomic E-state index is 11.7. The van der Waals surface area contributed by atoms with Crippen LogP contribution in [0.15, 0.2) is 4.99 Å². The van der Waals surface area contributed by atoms with Crippen LogP contribution in [0, 0.1) is 0 Å². The van der Waals surface area contributed by atoms with Crippen LogP contribution in [-0.4, -0.2) is 50.3 Å². The molecule has 0 spiro atoms. The largest absolute Gasteiger partial charge is 0.378 e. The molecule has 7 heteroatoms. The molecule has 1 rings (SSSR count). The summed E-state index contributed by atoms with van der Waals surface area (Å²) >= 11 is 0. The molecule has 136 valence electrons. The van der Waals surface area contributed by atoms with Crippen molar-refractivity contribution in [3.8, 4) is 0 Å². The maximum atomic E-state index is 11.7. The predicted molar refractivity (Wildman–Crippen MR) is 106 cm³/mol. The average molecular weight is 440 g/mol. The van der Waals surface area contributed by atoms with E-state index in [2.05, 4.69) is 20.9 Å². The molecule has 0 bridgehead atoms. The second kappa shape index (κ2) is 11.9. The van der Waals surface area contributed by atoms with Crippen LogP contribution in [0.1, 0.15) is 52.9 Å². The molecule has 0 radical (unpaired) electrons. The van der Waals surface area contributed by atoms with Gasteiger partial charge in [0.2, 0.25) is 5.91 Å². The summed E-state index contributed by atoms with van der Waals surface area (Å²) in [5.41, 5.74) is -0.215. The maximum Gasteiger partial charge on any atom is 0.239 e. The monoisotopic (exact) mass is 440 g/mol. The standard InChI is InChI=1S/C16H32N4O2.HI/c1-16(2,3)20-14(21)12-19-15(17-4)18-10-7-11-22-13-8-5-6-9-13;/h13H,5-12H2,1-4H3,(H,20,21)(H2,17,18,19);1H. The number of carbonyl (C=O) groups excluding carboxylic acids is 1. The Morgan fingerprint density at radius 1 is 1.22 bits per heavy atom. The minimum atomic E-state index is -0.215. The highest BCUT2D eigenvalue weighted by Gasteiger charge is 2.15. The van der Waals surface area contributed by atoms with Crippen molar-refractivity contribution in [2.75, 3.05) is 26.7 Å². The van der Waals surface area contributed by atoms with Gasteiger partial charge < -0.3 is 20.7 Å². The van der Waals surface area contributed by atoms with Crippen molar-refractivity contribution in [3.63, 3.8) is 0 Å². The summed E-state index contributed by atoms with van der Waals surface area (Å²) < 4.78 is 5.81. The molecule has 0 unspecified atom stereocenters. The Morgan fingerprint density at radius 3 is 2.43 bits per heavy atom. The molecular formula is C16H33IN4O2. The molecule has 1 amide bonds. The summed E-state index contributed by atoms with van der Waals surface area (Å²) in [6, 6.07) is 0. The zero-order valence-corrected chi connectivity index (χ0v) is 17.2. The Labute approximate surface area is 157 Å². The lowest BCUT2D eigenvalue weighted by atomic mass is 10.1. The number of nitrogens with zero attached hydrogens (tertiary/aromatic N) is 1. The highest BCUT2D eigenvalue weighted by Crippen LogP contribution is 2.20. The van der Waals surface area contributed by atoms with E-state index in [1.165, 1.54) is 25.7 Å². The smallest absolute Gasteiger partial charge is 0.239 e. The van der Waals surface area contributed by atoms with Gasteiger partial charge in [-0.25, -0.2) is 0 Å². The molecule has 0 aromatic rings. The fourth-order valence-corrected chi connectivity index (χ4v) is 2.43. The molecule has 3 N–H and O–H groups in total. The first-order valence-electron chi connectivity index (χ1n) is 8.28. The Bertz CT molecular complexity index is 364. The molecule has 1 fully saturated rings. The van der Waals surface area contributed by atoms with Crippen molar-refractivity contribution in [3.05, 3.63) is 0 Å². The van der Waals surface area contributed by atoms with Gasteiger partial charge >= 0.3 is 0 Å². The molecule has 1 aliphatic carbocycles. The van der Waals surface area contributed by atoms with Crippen LogP contribution in [0.2, 0.25) is 0 Å². The number of hydrogen-bond donors (Lipinski definition) is 3. The van der Waals surface area contributed by atoms with E-state index in [9.17, 15) is 4.79 Å². The molecule has 6 nitrogen and oxygen atoms in total. The molecule has 0 aliphatic heterocycles. The summed E-state index contributed by atoms with van der Waals surface area (Å²) in [7, 11) is 1.70. The van der Waals surface area contributed by atoms with E-state index in [4.69, 9.17) is 4.74 Å². The lowest BCUT2D eigenvalue weighted by Gasteiger charge is -2.21. The van der Waals surface area contributed by atoms with Crippen LogP contribution in [0.4, 0.5) is 0 Å². The Hall–Kier alpha value is -0.570. The molecule has 0 aromatic heterocycles. The van der Waals surface area contributed by atoms with Crippen molar-refractivity contribution in [2.24, 2.45) is 4.99 Å². The highest BCUT2D eigenvalue weighted by atomic mass is 127. The zero-order chi connectivity index (χ0) is 16.4. The van der Waals surface area contributed by atoms with E-state index in [1.807, 2.05) is 20.8 Å². The van der Waals surface area contributed by atoms with Crippen molar-refractivity contribution in [2.45, 2.75) is 64.5 Å². The van der Waals surface area contributed by atoms with Crippen LogP contribution < -0.4 is 16.0 Å². The minimum Gasteiger partial charge on any atom is -0.378 e. The quantitative estimate of drug-likeness (QED) is 0.245. The fourth-order valence-electron chi connectivity index (χ4n) is 2.43. The van der Waals surface area contributed by atoms with Gasteiger partial charge in [0.05, 0.1) is 12.6 Å². The minimum absolute atomic E-state index is 0. The predicted octanol–water partition coefficient (Wildman–Crippen LogP) is 2.03. The van der Waals surface area contributed by atoms with Crippen LogP contribution in [0.5, 0.6) is 0 Å². The van der Waals surface area contributed by atoms with Crippen molar-refractivity contribution >= 4 is 35.8 Å². The molecule has 23 heavy (non-hydrogen) atoms. The summed E-state index contributed by atoms with van der Waals surface area (Å²) in [4.78, 5) is 15.8. The van der Waals surface area contributed by atoms with Gasteiger partial charge in [-0.2, -0.15) is 0 Å². The summed E-state index contributed by atoms with van der Waals surface area (Å²) in [6.45, 7) is 7.66. The lowest BCUT2D eigenvalue weighted by molar-refractivity contribution is -0.121. The Morgan fingerprint density at radius 2 is 1.87 bits per heavy atom. The molecule has 0 saturated heterocycles. The average Bonchev–Trinajstić information content (AvgIpc) is 2.93. The fraction of sp³-hybridized carbons (Fsp3) is 0.875. The zero-order valence-electron chi connectivity index (χ0n) is 14.9. The van der Waals surface area contributed by atoms with Gasteiger partial charge in [-0.3, -0.25) is 9.79 Å². The number of amides is 1. The third kappa shape index (κ3) is 11.6. The number of hydrogen-bond acceptors (Lipinski definition) is 3. The first-order valence-corrected chi connectivity index (χ1v) is 8.28. The Balaban J connectivity index is 0.00000484. The van der Waals surface area contributed by atoms with Gasteiger partial charge in [-0.05, 0) is 40.0 Å². The van der Waals surface area contributed by atoms with Crippen LogP contribution >= 0.6 is 24.0 Å². The van der Waals surface area contributed by atoms with Gasteiger partial charge in [0.1, 0.15) is 0 Å². The number of carbonyl (C=O) groups is 1. The third-order valence-electron chi connectivity index (χ3n) is 3.42. The number of guanidine groups is 1. The number of aliphatic imine (C=N–C) groups is 1. The molecular weight excluding hydrogens is 407 g/mol. The third-order valence-corrected chi connectivity index (χ3v) is 3.42. The van der Waals surface area contributed by atoms with E-state index in [0.717, 1.165) is 19.6 Å². The van der Waals surface area contributed by atoms with E-state index >= 15 is 0 Å². The summed E-state index contributed by atoms with van der Waals surface area (Å²) in [6.07, 6.45) is 6.43. The number of rotatable bonds is 7. The second-order valence-corrected chi connectivity index (χ2v) is 6.78. The first-order chi connectivity index (χ1) is 10.4. The van der Waals surface area contributed by atoms with Crippen molar-refractivity contribution in [1.82, 2.24) is 16.0 Å². The summed E-state index contributed by atoms with van der Waals surface area (Å²) in [5, 5.41) is 9.10. The van der Waals surface area contributed by atoms with E-state index < -0.39 is 0 Å².